The fourth-order valence-corrected chi connectivity index (χ4v) is 1.59. The number of benzene rings is 2. The van der Waals surface area contributed by atoms with Crippen molar-refractivity contribution < 1.29 is 9.13 Å². The van der Waals surface area contributed by atoms with Crippen LogP contribution in [0.3, 0.4) is 0 Å². The fourth-order valence-electron chi connectivity index (χ4n) is 1.59. The van der Waals surface area contributed by atoms with Crippen LogP contribution in [0.1, 0.15) is 5.56 Å². The summed E-state index contributed by atoms with van der Waals surface area (Å²) >= 11 is 0. The first-order valence-corrected chi connectivity index (χ1v) is 5.91. The van der Waals surface area contributed by atoms with Crippen LogP contribution in [0, 0.1) is 17.7 Å². The molecule has 0 saturated carbocycles. The van der Waals surface area contributed by atoms with Crippen molar-refractivity contribution in [2.45, 2.75) is 0 Å². The van der Waals surface area contributed by atoms with Crippen molar-refractivity contribution in [1.29, 1.82) is 0 Å². The molecule has 0 aliphatic rings. The van der Waals surface area contributed by atoms with E-state index < -0.39 is 0 Å². The highest BCUT2D eigenvalue weighted by Crippen LogP contribution is 2.20. The van der Waals surface area contributed by atoms with Crippen LogP contribution in [-0.2, 0) is 0 Å². The van der Waals surface area contributed by atoms with E-state index in [-0.39, 0.29) is 11.6 Å². The maximum absolute atomic E-state index is 13.4. The molecule has 0 saturated heterocycles. The van der Waals surface area contributed by atoms with Gasteiger partial charge in [-0.25, -0.2) is 4.39 Å². The first-order chi connectivity index (χ1) is 9.29. The molecule has 0 atom stereocenters. The average Bonchev–Trinajstić information content (AvgIpc) is 2.45. The number of anilines is 1. The van der Waals surface area contributed by atoms with Crippen molar-refractivity contribution in [1.82, 2.24) is 0 Å². The summed E-state index contributed by atoms with van der Waals surface area (Å²) in [5.74, 6) is 5.86. The molecule has 0 radical (unpaired) electrons. The van der Waals surface area contributed by atoms with Gasteiger partial charge in [-0.05, 0) is 24.3 Å². The Hall–Kier alpha value is -2.47. The van der Waals surface area contributed by atoms with Gasteiger partial charge in [0.15, 0.2) is 11.6 Å². The molecule has 0 aliphatic heterocycles. The van der Waals surface area contributed by atoms with Gasteiger partial charge in [-0.1, -0.05) is 30.0 Å². The van der Waals surface area contributed by atoms with Crippen LogP contribution in [0.25, 0.3) is 0 Å². The van der Waals surface area contributed by atoms with E-state index in [0.29, 0.717) is 12.2 Å². The van der Waals surface area contributed by atoms with Gasteiger partial charge in [-0.15, -0.1) is 0 Å². The normalized spacial score (nSPS) is 9.37. The zero-order valence-electron chi connectivity index (χ0n) is 10.6. The summed E-state index contributed by atoms with van der Waals surface area (Å²) in [6, 6.07) is 14.5. The number of methoxy groups -OCH3 is 1. The second-order valence-electron chi connectivity index (χ2n) is 3.87. The Morgan fingerprint density at radius 3 is 2.63 bits per heavy atom. The molecular weight excluding hydrogens is 241 g/mol. The van der Waals surface area contributed by atoms with Gasteiger partial charge in [-0.2, -0.15) is 0 Å². The van der Waals surface area contributed by atoms with E-state index in [1.807, 2.05) is 30.3 Å². The lowest BCUT2D eigenvalue weighted by molar-refractivity contribution is 0.386. The molecule has 0 fully saturated rings. The first-order valence-electron chi connectivity index (χ1n) is 5.91. The van der Waals surface area contributed by atoms with Gasteiger partial charge in [0.2, 0.25) is 0 Å². The lowest BCUT2D eigenvalue weighted by Crippen LogP contribution is -1.99. The van der Waals surface area contributed by atoms with E-state index in [9.17, 15) is 4.39 Å². The Morgan fingerprint density at radius 1 is 1.16 bits per heavy atom. The van der Waals surface area contributed by atoms with Gasteiger partial charge in [0.25, 0.3) is 0 Å². The van der Waals surface area contributed by atoms with Crippen molar-refractivity contribution >= 4 is 5.69 Å². The minimum atomic E-state index is -0.386. The van der Waals surface area contributed by atoms with Crippen LogP contribution in [-0.4, -0.2) is 13.7 Å². The van der Waals surface area contributed by atoms with Gasteiger partial charge in [0, 0.05) is 17.3 Å². The van der Waals surface area contributed by atoms with Crippen molar-refractivity contribution in [3.8, 4) is 17.6 Å². The maximum atomic E-state index is 13.4. The standard InChI is InChI=1S/C16H14FNO/c1-19-16-10-9-14(12-15(16)17)18-11-5-8-13-6-3-2-4-7-13/h2-4,6-7,9-10,12,18H,11H2,1H3. The molecule has 2 rings (SSSR count). The van der Waals surface area contributed by atoms with Crippen molar-refractivity contribution in [3.63, 3.8) is 0 Å². The topological polar surface area (TPSA) is 21.3 Å². The van der Waals surface area contributed by atoms with Crippen molar-refractivity contribution in [2.24, 2.45) is 0 Å². The predicted octanol–water partition coefficient (Wildman–Crippen LogP) is 3.30. The summed E-state index contributed by atoms with van der Waals surface area (Å²) in [7, 11) is 1.44. The molecular formula is C16H14FNO. The number of ether oxygens (including phenoxy) is 1. The van der Waals surface area contributed by atoms with Gasteiger partial charge < -0.3 is 10.1 Å². The minimum absolute atomic E-state index is 0.237. The van der Waals surface area contributed by atoms with Crippen LogP contribution in [0.15, 0.2) is 48.5 Å². The molecule has 0 aliphatic carbocycles. The van der Waals surface area contributed by atoms with Crippen LogP contribution in [0.2, 0.25) is 0 Å². The van der Waals surface area contributed by atoms with Crippen LogP contribution < -0.4 is 10.1 Å². The van der Waals surface area contributed by atoms with E-state index in [1.165, 1.54) is 13.2 Å². The molecule has 1 N–H and O–H groups in total. The molecule has 0 amide bonds. The largest absolute Gasteiger partial charge is 0.494 e. The summed E-state index contributed by atoms with van der Waals surface area (Å²) in [4.78, 5) is 0. The molecule has 0 aromatic heterocycles. The van der Waals surface area contributed by atoms with Gasteiger partial charge in [0.1, 0.15) is 0 Å². The summed E-state index contributed by atoms with van der Waals surface area (Å²) < 4.78 is 18.3. The molecule has 0 bridgehead atoms. The minimum Gasteiger partial charge on any atom is -0.494 e. The van der Waals surface area contributed by atoms with Gasteiger partial charge in [0.05, 0.1) is 13.7 Å². The third-order valence-electron chi connectivity index (χ3n) is 2.54. The van der Waals surface area contributed by atoms with Gasteiger partial charge >= 0.3 is 0 Å². The third-order valence-corrected chi connectivity index (χ3v) is 2.54. The number of hydrogen-bond donors (Lipinski definition) is 1. The second kappa shape index (κ2) is 6.46. The SMILES string of the molecule is COc1ccc(NCC#Cc2ccccc2)cc1F. The summed E-state index contributed by atoms with van der Waals surface area (Å²) in [6.07, 6.45) is 0. The average molecular weight is 255 g/mol. The summed E-state index contributed by atoms with van der Waals surface area (Å²) in [5.41, 5.74) is 1.64. The highest BCUT2D eigenvalue weighted by molar-refractivity contribution is 5.48. The molecule has 0 spiro atoms. The van der Waals surface area contributed by atoms with Crippen molar-refractivity contribution in [2.75, 3.05) is 19.0 Å². The number of rotatable bonds is 3. The summed E-state index contributed by atoms with van der Waals surface area (Å²) in [5, 5.41) is 3.04. The molecule has 2 aromatic rings. The number of nitrogens with one attached hydrogen (secondary N) is 1. The number of hydrogen-bond acceptors (Lipinski definition) is 2. The molecule has 2 nitrogen and oxygen atoms in total. The highest BCUT2D eigenvalue weighted by atomic mass is 19.1. The lowest BCUT2D eigenvalue weighted by Gasteiger charge is -2.05. The van der Waals surface area contributed by atoms with Crippen LogP contribution >= 0.6 is 0 Å². The van der Waals surface area contributed by atoms with Crippen LogP contribution in [0.4, 0.5) is 10.1 Å². The first kappa shape index (κ1) is 13.0. The Morgan fingerprint density at radius 2 is 1.95 bits per heavy atom. The van der Waals surface area contributed by atoms with E-state index in [0.717, 1.165) is 5.56 Å². The van der Waals surface area contributed by atoms with E-state index in [4.69, 9.17) is 4.74 Å². The lowest BCUT2D eigenvalue weighted by atomic mass is 10.2. The Kier molecular flexibility index (Phi) is 4.41. The molecule has 0 heterocycles. The molecule has 0 unspecified atom stereocenters. The maximum Gasteiger partial charge on any atom is 0.167 e. The number of halogens is 1. The smallest absolute Gasteiger partial charge is 0.167 e. The summed E-state index contributed by atoms with van der Waals surface area (Å²) in [6.45, 7) is 0.459. The Balaban J connectivity index is 1.93. The monoisotopic (exact) mass is 255 g/mol. The second-order valence-corrected chi connectivity index (χ2v) is 3.87. The molecule has 2 aromatic carbocycles. The third kappa shape index (κ3) is 3.75. The van der Waals surface area contributed by atoms with E-state index >= 15 is 0 Å². The molecule has 96 valence electrons. The fraction of sp³-hybridized carbons (Fsp3) is 0.125. The van der Waals surface area contributed by atoms with E-state index in [1.54, 1.807) is 12.1 Å². The Labute approximate surface area is 112 Å². The zero-order valence-corrected chi connectivity index (χ0v) is 10.6. The van der Waals surface area contributed by atoms with E-state index in [2.05, 4.69) is 17.2 Å². The predicted molar refractivity (Wildman–Crippen MR) is 74.8 cm³/mol. The molecule has 19 heavy (non-hydrogen) atoms. The van der Waals surface area contributed by atoms with Crippen LogP contribution in [0.5, 0.6) is 5.75 Å². The quantitative estimate of drug-likeness (QED) is 0.850. The van der Waals surface area contributed by atoms with Crippen molar-refractivity contribution in [3.05, 3.63) is 59.9 Å². The highest BCUT2D eigenvalue weighted by Gasteiger charge is 2.01. The zero-order chi connectivity index (χ0) is 13.5. The molecule has 3 heteroatoms. The Bertz CT molecular complexity index is 599. The van der Waals surface area contributed by atoms with Gasteiger partial charge in [-0.3, -0.25) is 0 Å².